The number of hydrogen-bond donors (Lipinski definition) is 2. The van der Waals surface area contributed by atoms with Crippen LogP contribution >= 0.6 is 23.2 Å². The predicted molar refractivity (Wildman–Crippen MR) is 143 cm³/mol. The van der Waals surface area contributed by atoms with Crippen molar-refractivity contribution in [3.05, 3.63) is 70.6 Å². The molecule has 0 saturated carbocycles. The smallest absolute Gasteiger partial charge is 0.318 e. The number of hydrogen-bond acceptors (Lipinski definition) is 5. The second-order valence-corrected chi connectivity index (χ2v) is 9.49. The third kappa shape index (κ3) is 3.76. The van der Waals surface area contributed by atoms with Crippen molar-refractivity contribution in [2.24, 2.45) is 7.05 Å². The number of aryl methyl sites for hydroxylation is 2. The summed E-state index contributed by atoms with van der Waals surface area (Å²) in [6.45, 7) is 4.02. The zero-order chi connectivity index (χ0) is 25.8. The van der Waals surface area contributed by atoms with E-state index in [1.54, 1.807) is 10.9 Å². The number of nitrogens with one attached hydrogen (secondary N) is 2. The maximum absolute atomic E-state index is 12.7. The summed E-state index contributed by atoms with van der Waals surface area (Å²) in [6.07, 6.45) is 6.55. The largest absolute Gasteiger partial charge is 0.329 e. The van der Waals surface area contributed by atoms with Crippen LogP contribution in [-0.4, -0.2) is 45.3 Å². The number of nitrogens with zero attached hydrogens (tertiary/aromatic N) is 7. The van der Waals surface area contributed by atoms with Gasteiger partial charge in [-0.05, 0) is 49.2 Å². The van der Waals surface area contributed by atoms with Gasteiger partial charge in [0.1, 0.15) is 12.4 Å². The van der Waals surface area contributed by atoms with Gasteiger partial charge in [0.05, 0.1) is 28.4 Å². The molecule has 0 aliphatic heterocycles. The van der Waals surface area contributed by atoms with Crippen LogP contribution in [0.3, 0.4) is 0 Å². The second-order valence-electron chi connectivity index (χ2n) is 8.77. The van der Waals surface area contributed by atoms with E-state index in [9.17, 15) is 4.79 Å². The van der Waals surface area contributed by atoms with Crippen molar-refractivity contribution in [1.29, 1.82) is 0 Å². The molecule has 6 aromatic rings. The fourth-order valence-corrected chi connectivity index (χ4v) is 5.06. The number of aromatic nitrogens is 8. The molecule has 10 nitrogen and oxygen atoms in total. The topological polar surface area (TPSA) is 111 Å². The average molecular weight is 534 g/mol. The monoisotopic (exact) mass is 533 g/mol. The molecule has 186 valence electrons. The molecule has 2 aromatic carbocycles. The Morgan fingerprint density at radius 2 is 1.97 bits per heavy atom. The van der Waals surface area contributed by atoms with Crippen molar-refractivity contribution in [2.75, 3.05) is 0 Å². The van der Waals surface area contributed by atoms with Gasteiger partial charge < -0.3 is 5.32 Å². The fourth-order valence-electron chi connectivity index (χ4n) is 4.62. The Morgan fingerprint density at radius 3 is 2.76 bits per heavy atom. The minimum Gasteiger partial charge on any atom is -0.318 e. The Hall–Kier alpha value is -4.15. The van der Waals surface area contributed by atoms with Crippen molar-refractivity contribution < 1.29 is 4.79 Å². The summed E-state index contributed by atoms with van der Waals surface area (Å²) < 4.78 is 4.80. The molecule has 4 aromatic heterocycles. The van der Waals surface area contributed by atoms with Crippen LogP contribution in [0.4, 0.5) is 4.79 Å². The average Bonchev–Trinajstić information content (AvgIpc) is 3.67. The molecule has 0 bridgehead atoms. The molecule has 0 atom stereocenters. The number of amides is 1. The first-order chi connectivity index (χ1) is 17.8. The van der Waals surface area contributed by atoms with Gasteiger partial charge in [0.15, 0.2) is 0 Å². The van der Waals surface area contributed by atoms with Crippen molar-refractivity contribution in [2.45, 2.75) is 20.5 Å². The van der Waals surface area contributed by atoms with Crippen molar-refractivity contribution in [3.8, 4) is 22.4 Å². The number of imidazole rings is 1. The maximum Gasteiger partial charge on any atom is 0.329 e. The van der Waals surface area contributed by atoms with E-state index < -0.39 is 6.03 Å². The number of fused-ring (bicyclic) bond motifs is 2. The van der Waals surface area contributed by atoms with Crippen LogP contribution in [0, 0.1) is 13.8 Å². The molecular weight excluding hydrogens is 513 g/mol. The van der Waals surface area contributed by atoms with Crippen LogP contribution in [0.5, 0.6) is 0 Å². The third-order valence-corrected chi connectivity index (χ3v) is 7.30. The summed E-state index contributed by atoms with van der Waals surface area (Å²) in [5.41, 5.74) is 6.95. The number of H-pyrrole nitrogens is 1. The molecular formula is C25H21Cl2N9O. The SMILES string of the molecule is Cc1cc2[nH]ncc2c(-c2c(-c3ccc4c(cnn4C)c3)nn(CNC(=O)n3ccnc3Cl)c2C)c1Cl. The summed E-state index contributed by atoms with van der Waals surface area (Å²) in [6, 6.07) is 7.65. The van der Waals surface area contributed by atoms with Crippen molar-refractivity contribution in [3.63, 3.8) is 0 Å². The number of carbonyl (C=O) groups is 1. The lowest BCUT2D eigenvalue weighted by Crippen LogP contribution is -2.31. The molecule has 0 fully saturated rings. The van der Waals surface area contributed by atoms with E-state index >= 15 is 0 Å². The number of carbonyl (C=O) groups excluding carboxylic acids is 1. The Balaban J connectivity index is 1.53. The molecule has 37 heavy (non-hydrogen) atoms. The molecule has 4 heterocycles. The number of rotatable bonds is 4. The van der Waals surface area contributed by atoms with Gasteiger partial charge >= 0.3 is 6.03 Å². The lowest BCUT2D eigenvalue weighted by molar-refractivity contribution is 0.239. The predicted octanol–water partition coefficient (Wildman–Crippen LogP) is 5.32. The third-order valence-electron chi connectivity index (χ3n) is 6.54. The van der Waals surface area contributed by atoms with Crippen LogP contribution in [0.15, 0.2) is 49.1 Å². The van der Waals surface area contributed by atoms with Gasteiger partial charge in [0.2, 0.25) is 5.28 Å². The van der Waals surface area contributed by atoms with Gasteiger partial charge in [0.25, 0.3) is 0 Å². The van der Waals surface area contributed by atoms with Gasteiger partial charge in [-0.25, -0.2) is 19.0 Å². The molecule has 1 amide bonds. The highest BCUT2D eigenvalue weighted by molar-refractivity contribution is 6.36. The van der Waals surface area contributed by atoms with E-state index in [-0.39, 0.29) is 12.0 Å². The van der Waals surface area contributed by atoms with Crippen LogP contribution in [-0.2, 0) is 13.7 Å². The molecule has 0 aliphatic rings. The standard InChI is InChI=1S/C25H21Cl2N9O/c1-13-8-18-17(11-30-32-18)21(22(13)26)20-14(2)36(12-29-25(37)35-7-6-28-24(35)27)33-23(20)15-4-5-19-16(9-15)10-31-34(19)3/h4-11H,12H2,1-3H3,(H,29,37)(H,30,32). The first-order valence-corrected chi connectivity index (χ1v) is 12.2. The zero-order valence-electron chi connectivity index (χ0n) is 20.1. The summed E-state index contributed by atoms with van der Waals surface area (Å²) >= 11 is 12.9. The van der Waals surface area contributed by atoms with Gasteiger partial charge in [-0.3, -0.25) is 9.78 Å². The van der Waals surface area contributed by atoms with Crippen molar-refractivity contribution >= 4 is 51.0 Å². The number of halogens is 2. The number of benzene rings is 2. The normalized spacial score (nSPS) is 11.6. The molecule has 0 unspecified atom stereocenters. The van der Waals surface area contributed by atoms with E-state index in [2.05, 4.69) is 31.7 Å². The van der Waals surface area contributed by atoms with Crippen LogP contribution in [0.2, 0.25) is 10.3 Å². The van der Waals surface area contributed by atoms with Crippen LogP contribution in [0.25, 0.3) is 44.2 Å². The molecule has 6 rings (SSSR count). The van der Waals surface area contributed by atoms with E-state index in [1.165, 1.54) is 17.0 Å². The van der Waals surface area contributed by atoms with E-state index in [4.69, 9.17) is 28.3 Å². The summed E-state index contributed by atoms with van der Waals surface area (Å²) in [4.78, 5) is 16.6. The molecule has 0 saturated heterocycles. The minimum atomic E-state index is -0.414. The van der Waals surface area contributed by atoms with Gasteiger partial charge in [-0.15, -0.1) is 0 Å². The zero-order valence-corrected chi connectivity index (χ0v) is 21.6. The lowest BCUT2D eigenvalue weighted by Gasteiger charge is -2.12. The summed E-state index contributed by atoms with van der Waals surface area (Å²) in [5, 5.41) is 22.0. The van der Waals surface area contributed by atoms with Crippen LogP contribution in [0.1, 0.15) is 11.3 Å². The first kappa shape index (κ1) is 23.3. The van der Waals surface area contributed by atoms with Crippen molar-refractivity contribution in [1.82, 2.24) is 44.6 Å². The van der Waals surface area contributed by atoms with Crippen LogP contribution < -0.4 is 5.32 Å². The highest BCUT2D eigenvalue weighted by Gasteiger charge is 2.24. The molecule has 0 radical (unpaired) electrons. The molecule has 2 N–H and O–H groups in total. The Morgan fingerprint density at radius 1 is 1.14 bits per heavy atom. The highest BCUT2D eigenvalue weighted by Crippen LogP contribution is 2.43. The maximum atomic E-state index is 12.7. The molecule has 12 heteroatoms. The van der Waals surface area contributed by atoms with E-state index in [0.717, 1.165) is 55.4 Å². The van der Waals surface area contributed by atoms with E-state index in [0.29, 0.717) is 5.02 Å². The summed E-state index contributed by atoms with van der Waals surface area (Å²) in [7, 11) is 1.91. The Bertz CT molecular complexity index is 1820. The first-order valence-electron chi connectivity index (χ1n) is 11.4. The van der Waals surface area contributed by atoms with Gasteiger partial charge in [-0.1, -0.05) is 17.7 Å². The molecule has 0 aliphatic carbocycles. The fraction of sp³-hybridized carbons (Fsp3) is 0.160. The van der Waals surface area contributed by atoms with Gasteiger partial charge in [0, 0.05) is 52.6 Å². The Kier molecular flexibility index (Phi) is 5.50. The second kappa shape index (κ2) is 8.75. The quantitative estimate of drug-likeness (QED) is 0.318. The van der Waals surface area contributed by atoms with Gasteiger partial charge in [-0.2, -0.15) is 15.3 Å². The number of aromatic amines is 1. The molecule has 0 spiro atoms. The summed E-state index contributed by atoms with van der Waals surface area (Å²) in [5.74, 6) is 0. The lowest BCUT2D eigenvalue weighted by atomic mass is 9.94. The van der Waals surface area contributed by atoms with E-state index in [1.807, 2.05) is 50.0 Å². The Labute approximate surface area is 220 Å². The minimum absolute atomic E-state index is 0.0785. The highest BCUT2D eigenvalue weighted by atomic mass is 35.5.